The Hall–Kier alpha value is -2.81. The summed E-state index contributed by atoms with van der Waals surface area (Å²) in [6, 6.07) is 5.21. The number of nitrogens with one attached hydrogen (secondary N) is 1. The molecule has 0 fully saturated rings. The molecule has 0 spiro atoms. The van der Waals surface area contributed by atoms with Crippen molar-refractivity contribution in [3.8, 4) is 11.4 Å². The largest absolute Gasteiger partial charge is 0.416 e. The number of aromatic nitrogens is 4. The Bertz CT molecular complexity index is 1130. The van der Waals surface area contributed by atoms with Gasteiger partial charge in [-0.25, -0.2) is 9.98 Å². The highest BCUT2D eigenvalue weighted by molar-refractivity contribution is 6.20. The van der Waals surface area contributed by atoms with Gasteiger partial charge in [0.1, 0.15) is 11.2 Å². The first-order valence-electron chi connectivity index (χ1n) is 9.08. The predicted molar refractivity (Wildman–Crippen MR) is 102 cm³/mol. The van der Waals surface area contributed by atoms with Gasteiger partial charge in [0.2, 0.25) is 0 Å². The minimum atomic E-state index is -4.37. The lowest BCUT2D eigenvalue weighted by Gasteiger charge is -2.23. The molecule has 0 saturated carbocycles. The van der Waals surface area contributed by atoms with Crippen LogP contribution in [0.1, 0.15) is 24.5 Å². The third-order valence-corrected chi connectivity index (χ3v) is 4.84. The minimum Gasteiger partial charge on any atom is -0.341 e. The number of rotatable bonds is 5. The number of alkyl halides is 4. The summed E-state index contributed by atoms with van der Waals surface area (Å²) in [6.07, 6.45) is 1.80. The van der Waals surface area contributed by atoms with Crippen LogP contribution in [0, 0.1) is 0 Å². The molecule has 152 valence electrons. The third kappa shape index (κ3) is 4.14. The van der Waals surface area contributed by atoms with Crippen LogP contribution in [0.3, 0.4) is 0 Å². The first-order chi connectivity index (χ1) is 13.8. The van der Waals surface area contributed by atoms with E-state index in [1.165, 1.54) is 6.07 Å². The molecule has 0 radical (unpaired) electrons. The Morgan fingerprint density at radius 2 is 2.10 bits per heavy atom. The molecule has 0 amide bonds. The van der Waals surface area contributed by atoms with Gasteiger partial charge in [0.15, 0.2) is 11.1 Å². The summed E-state index contributed by atoms with van der Waals surface area (Å²) in [7, 11) is 0. The maximum absolute atomic E-state index is 12.9. The summed E-state index contributed by atoms with van der Waals surface area (Å²) in [5.74, 6) is 0.576. The van der Waals surface area contributed by atoms with Crippen LogP contribution in [-0.4, -0.2) is 36.8 Å². The second kappa shape index (κ2) is 7.55. The zero-order valence-electron chi connectivity index (χ0n) is 15.5. The van der Waals surface area contributed by atoms with Crippen molar-refractivity contribution >= 4 is 17.8 Å². The first kappa shape index (κ1) is 19.5. The number of hydrogen-bond donors (Lipinski definition) is 1. The molecule has 4 rings (SSSR count). The van der Waals surface area contributed by atoms with E-state index in [9.17, 15) is 13.2 Å². The Morgan fingerprint density at radius 1 is 1.28 bits per heavy atom. The predicted octanol–water partition coefficient (Wildman–Crippen LogP) is 2.95. The molecule has 3 heterocycles. The molecule has 6 nitrogen and oxygen atoms in total. The van der Waals surface area contributed by atoms with Crippen molar-refractivity contribution in [3.63, 3.8) is 0 Å². The molecule has 0 aliphatic carbocycles. The van der Waals surface area contributed by atoms with Crippen LogP contribution in [-0.2, 0) is 12.7 Å². The molecule has 1 atom stereocenters. The Morgan fingerprint density at radius 3 is 2.86 bits per heavy atom. The van der Waals surface area contributed by atoms with Gasteiger partial charge in [-0.3, -0.25) is 4.68 Å². The molecule has 10 heteroatoms. The molecular formula is C19H18ClF3N6. The van der Waals surface area contributed by atoms with Crippen molar-refractivity contribution in [1.82, 2.24) is 24.6 Å². The highest BCUT2D eigenvalue weighted by Crippen LogP contribution is 2.29. The number of fused-ring (bicyclic) bond motifs is 1. The lowest BCUT2D eigenvalue weighted by molar-refractivity contribution is -0.137. The Balaban J connectivity index is 1.58. The summed E-state index contributed by atoms with van der Waals surface area (Å²) in [6.45, 7) is 3.05. The molecule has 2 aromatic heterocycles. The van der Waals surface area contributed by atoms with Crippen molar-refractivity contribution < 1.29 is 13.2 Å². The molecule has 1 unspecified atom stereocenters. The lowest BCUT2D eigenvalue weighted by atomic mass is 10.1. The van der Waals surface area contributed by atoms with E-state index in [0.717, 1.165) is 30.4 Å². The summed E-state index contributed by atoms with van der Waals surface area (Å²) in [4.78, 5) is 14.0. The van der Waals surface area contributed by atoms with Gasteiger partial charge in [-0.05, 0) is 24.1 Å². The lowest BCUT2D eigenvalue weighted by Crippen LogP contribution is -2.40. The maximum Gasteiger partial charge on any atom is 0.416 e. The molecule has 3 aromatic rings. The fourth-order valence-electron chi connectivity index (χ4n) is 3.14. The molecule has 0 bridgehead atoms. The van der Waals surface area contributed by atoms with Gasteiger partial charge in [-0.1, -0.05) is 30.7 Å². The SMILES string of the molecule is CCCN1C=c2[nH]c(-c3cnn(Cc4cccc(C(F)(F)F)c4)c3)nc2=NC1Cl. The molecule has 1 aromatic carbocycles. The summed E-state index contributed by atoms with van der Waals surface area (Å²) in [5, 5.41) is 5.00. The van der Waals surface area contributed by atoms with Gasteiger partial charge >= 0.3 is 6.18 Å². The number of halogens is 4. The number of benzene rings is 1. The van der Waals surface area contributed by atoms with E-state index in [1.54, 1.807) is 23.1 Å². The van der Waals surface area contributed by atoms with Crippen LogP contribution in [0.5, 0.6) is 0 Å². The zero-order valence-corrected chi connectivity index (χ0v) is 16.2. The van der Waals surface area contributed by atoms with E-state index >= 15 is 0 Å². The number of aromatic amines is 1. The number of hydrogen-bond acceptors (Lipinski definition) is 4. The second-order valence-corrected chi connectivity index (χ2v) is 7.14. The average Bonchev–Trinajstić information content (AvgIpc) is 3.28. The summed E-state index contributed by atoms with van der Waals surface area (Å²) in [5.41, 5.74) is 0.575. The molecule has 1 aliphatic rings. The molecule has 0 saturated heterocycles. The fraction of sp³-hybridized carbons (Fsp3) is 0.316. The smallest absolute Gasteiger partial charge is 0.341 e. The van der Waals surface area contributed by atoms with Gasteiger partial charge in [-0.15, -0.1) is 0 Å². The normalized spacial score (nSPS) is 16.3. The molecule has 1 aliphatic heterocycles. The van der Waals surface area contributed by atoms with E-state index < -0.39 is 17.4 Å². The summed E-state index contributed by atoms with van der Waals surface area (Å²) < 4.78 is 40.2. The van der Waals surface area contributed by atoms with Gasteiger partial charge in [0, 0.05) is 18.9 Å². The number of H-pyrrole nitrogens is 1. The molecular weight excluding hydrogens is 405 g/mol. The van der Waals surface area contributed by atoms with Crippen molar-refractivity contribution in [2.45, 2.75) is 31.7 Å². The second-order valence-electron chi connectivity index (χ2n) is 6.75. The first-order valence-corrected chi connectivity index (χ1v) is 9.51. The van der Waals surface area contributed by atoms with E-state index in [4.69, 9.17) is 11.6 Å². The fourth-order valence-corrected chi connectivity index (χ4v) is 3.39. The monoisotopic (exact) mass is 422 g/mol. The van der Waals surface area contributed by atoms with Gasteiger partial charge in [-0.2, -0.15) is 18.3 Å². The summed E-state index contributed by atoms with van der Waals surface area (Å²) >= 11 is 6.26. The van der Waals surface area contributed by atoms with Crippen molar-refractivity contribution in [3.05, 3.63) is 58.6 Å². The third-order valence-electron chi connectivity index (χ3n) is 4.50. The van der Waals surface area contributed by atoms with E-state index in [1.807, 2.05) is 11.1 Å². The van der Waals surface area contributed by atoms with Crippen molar-refractivity contribution in [1.29, 1.82) is 0 Å². The van der Waals surface area contributed by atoms with E-state index in [0.29, 0.717) is 22.4 Å². The van der Waals surface area contributed by atoms with Crippen LogP contribution >= 0.6 is 11.6 Å². The molecule has 29 heavy (non-hydrogen) atoms. The van der Waals surface area contributed by atoms with E-state index in [2.05, 4.69) is 27.0 Å². The highest BCUT2D eigenvalue weighted by Gasteiger charge is 2.30. The van der Waals surface area contributed by atoms with E-state index in [-0.39, 0.29) is 6.54 Å². The van der Waals surface area contributed by atoms with Crippen LogP contribution in [0.4, 0.5) is 13.2 Å². The Labute approximate surface area is 169 Å². The van der Waals surface area contributed by atoms with Crippen LogP contribution in [0.25, 0.3) is 17.6 Å². The zero-order chi connectivity index (χ0) is 20.6. The Kier molecular flexibility index (Phi) is 5.08. The maximum atomic E-state index is 12.9. The van der Waals surface area contributed by atoms with Gasteiger partial charge in [0.25, 0.3) is 0 Å². The van der Waals surface area contributed by atoms with Crippen molar-refractivity contribution in [2.24, 2.45) is 4.99 Å². The quantitative estimate of drug-likeness (QED) is 0.508. The highest BCUT2D eigenvalue weighted by atomic mass is 35.5. The van der Waals surface area contributed by atoms with Crippen molar-refractivity contribution in [2.75, 3.05) is 6.54 Å². The van der Waals surface area contributed by atoms with Gasteiger partial charge in [0.05, 0.1) is 23.9 Å². The van der Waals surface area contributed by atoms with Crippen LogP contribution in [0.15, 0.2) is 41.7 Å². The average molecular weight is 423 g/mol. The standard InChI is InChI=1S/C19H18ClF3N6/c1-2-6-28-11-15-17(27-18(28)20)26-16(25-15)13-8-24-29(10-13)9-12-4-3-5-14(7-12)19(21,22)23/h3-5,7-8,10-11,18H,2,6,9H2,1H3,(H,25,26,27). The van der Waals surface area contributed by atoms with Gasteiger partial charge < -0.3 is 9.88 Å². The molecule has 1 N–H and O–H groups in total. The topological polar surface area (TPSA) is 62.1 Å². The number of imidazole rings is 1. The minimum absolute atomic E-state index is 0.217. The van der Waals surface area contributed by atoms with Crippen LogP contribution in [0.2, 0.25) is 0 Å². The van der Waals surface area contributed by atoms with Crippen LogP contribution < -0.4 is 10.8 Å². The number of nitrogens with zero attached hydrogens (tertiary/aromatic N) is 5.